The first-order valence-electron chi connectivity index (χ1n) is 5.63. The van der Waals surface area contributed by atoms with Crippen LogP contribution in [0.4, 0.5) is 22.7 Å². The van der Waals surface area contributed by atoms with Crippen molar-refractivity contribution in [1.82, 2.24) is 0 Å². The van der Waals surface area contributed by atoms with Crippen LogP contribution in [0.15, 0.2) is 36.4 Å². The van der Waals surface area contributed by atoms with E-state index in [0.717, 1.165) is 0 Å². The molecular formula is C12H15BN4O2. The number of rotatable bonds is 3. The van der Waals surface area contributed by atoms with Crippen LogP contribution in [-0.2, 0) is 0 Å². The summed E-state index contributed by atoms with van der Waals surface area (Å²) in [5, 5.41) is 9.96. The summed E-state index contributed by atoms with van der Waals surface area (Å²) in [6, 6.07) is 10.3. The van der Waals surface area contributed by atoms with Crippen molar-refractivity contribution in [2.45, 2.75) is 0 Å². The second-order valence-corrected chi connectivity index (χ2v) is 4.09. The summed E-state index contributed by atoms with van der Waals surface area (Å²) >= 11 is 0. The van der Waals surface area contributed by atoms with Crippen LogP contribution in [0, 0.1) is 0 Å². The van der Waals surface area contributed by atoms with Gasteiger partial charge in [0.2, 0.25) is 0 Å². The van der Waals surface area contributed by atoms with E-state index in [2.05, 4.69) is 0 Å². The summed E-state index contributed by atoms with van der Waals surface area (Å²) in [7, 11) is -1.16. The molecule has 0 atom stereocenters. The first-order chi connectivity index (χ1) is 9.00. The molecule has 0 spiro atoms. The van der Waals surface area contributed by atoms with Gasteiger partial charge in [-0.25, -0.2) is 0 Å². The van der Waals surface area contributed by atoms with Crippen LogP contribution in [0.25, 0.3) is 0 Å². The maximum absolute atomic E-state index is 9.96. The van der Waals surface area contributed by atoms with Gasteiger partial charge in [-0.15, -0.1) is 0 Å². The van der Waals surface area contributed by atoms with Gasteiger partial charge in [0.05, 0.1) is 22.7 Å². The fraction of sp³-hybridized carbons (Fsp3) is 0. The van der Waals surface area contributed by atoms with Gasteiger partial charge in [0.15, 0.2) is 0 Å². The smallest absolute Gasteiger partial charge is 0.531 e. The molecule has 6 nitrogen and oxygen atoms in total. The summed E-state index contributed by atoms with van der Waals surface area (Å²) in [6.45, 7) is 0. The molecule has 0 amide bonds. The van der Waals surface area contributed by atoms with Crippen molar-refractivity contribution in [3.63, 3.8) is 0 Å². The molecule has 0 aliphatic rings. The molecule has 0 unspecified atom stereocenters. The van der Waals surface area contributed by atoms with Crippen LogP contribution < -0.4 is 33.1 Å². The third-order valence-corrected chi connectivity index (χ3v) is 2.77. The Hall–Kier alpha value is -2.54. The molecular weight excluding hydrogens is 243 g/mol. The van der Waals surface area contributed by atoms with Crippen LogP contribution in [0.2, 0.25) is 0 Å². The fourth-order valence-corrected chi connectivity index (χ4v) is 1.63. The molecule has 7 heteroatoms. The molecule has 19 heavy (non-hydrogen) atoms. The van der Waals surface area contributed by atoms with Crippen molar-refractivity contribution < 1.29 is 9.68 Å². The average Bonchev–Trinajstić information content (AvgIpc) is 2.43. The van der Waals surface area contributed by atoms with Crippen molar-refractivity contribution >= 4 is 35.3 Å². The van der Waals surface area contributed by atoms with Gasteiger partial charge in [-0.1, -0.05) is 30.3 Å². The minimum absolute atomic E-state index is 0.148. The SMILES string of the molecule is Nc1cc(OB(O)c2ccccc2)c(N)c(N)c1N. The van der Waals surface area contributed by atoms with Gasteiger partial charge in [0.1, 0.15) is 5.75 Å². The van der Waals surface area contributed by atoms with Crippen molar-refractivity contribution in [2.75, 3.05) is 22.9 Å². The van der Waals surface area contributed by atoms with E-state index in [4.69, 9.17) is 27.6 Å². The lowest BCUT2D eigenvalue weighted by Gasteiger charge is -2.16. The Kier molecular flexibility index (Phi) is 3.39. The molecule has 0 bridgehead atoms. The quantitative estimate of drug-likeness (QED) is 0.381. The summed E-state index contributed by atoms with van der Waals surface area (Å²) in [4.78, 5) is 0. The fourth-order valence-electron chi connectivity index (χ4n) is 1.63. The molecule has 0 saturated heterocycles. The predicted octanol–water partition coefficient (Wildman–Crippen LogP) is -0.218. The molecule has 98 valence electrons. The van der Waals surface area contributed by atoms with Gasteiger partial charge in [-0.2, -0.15) is 0 Å². The second-order valence-electron chi connectivity index (χ2n) is 4.09. The minimum atomic E-state index is -1.16. The molecule has 0 radical (unpaired) electrons. The van der Waals surface area contributed by atoms with E-state index >= 15 is 0 Å². The van der Waals surface area contributed by atoms with E-state index in [1.165, 1.54) is 6.07 Å². The molecule has 9 N–H and O–H groups in total. The van der Waals surface area contributed by atoms with Gasteiger partial charge in [0, 0.05) is 6.07 Å². The van der Waals surface area contributed by atoms with Gasteiger partial charge >= 0.3 is 7.12 Å². The Balaban J connectivity index is 2.30. The lowest BCUT2D eigenvalue weighted by atomic mass is 9.79. The third-order valence-electron chi connectivity index (χ3n) is 2.77. The van der Waals surface area contributed by atoms with Crippen molar-refractivity contribution in [1.29, 1.82) is 0 Å². The Bertz CT molecular complexity index is 592. The van der Waals surface area contributed by atoms with E-state index in [9.17, 15) is 5.02 Å². The van der Waals surface area contributed by atoms with Gasteiger partial charge in [-0.05, 0) is 5.46 Å². The molecule has 0 aromatic heterocycles. The topological polar surface area (TPSA) is 134 Å². The Labute approximate surface area is 111 Å². The normalized spacial score (nSPS) is 10.2. The number of hydrogen-bond acceptors (Lipinski definition) is 6. The van der Waals surface area contributed by atoms with Gasteiger partial charge in [-0.3, -0.25) is 0 Å². The molecule has 2 aromatic rings. The lowest BCUT2D eigenvalue weighted by molar-refractivity contribution is 0.434. The van der Waals surface area contributed by atoms with Crippen molar-refractivity contribution in [3.8, 4) is 5.75 Å². The number of anilines is 4. The molecule has 2 rings (SSSR count). The first-order valence-corrected chi connectivity index (χ1v) is 5.63. The summed E-state index contributed by atoms with van der Waals surface area (Å²) in [6.07, 6.45) is 0. The van der Waals surface area contributed by atoms with Crippen LogP contribution in [-0.4, -0.2) is 12.1 Å². The molecule has 0 aliphatic heterocycles. The molecule has 0 aliphatic carbocycles. The standard InChI is InChI=1S/C12H15BN4O2/c14-8-6-9(11(16)12(17)10(8)15)19-13(18)7-4-2-1-3-5-7/h1-6,18H,14-17H2. The largest absolute Gasteiger partial charge is 0.560 e. The maximum Gasteiger partial charge on any atom is 0.560 e. The second kappa shape index (κ2) is 4.99. The Morgan fingerprint density at radius 3 is 2.16 bits per heavy atom. The van der Waals surface area contributed by atoms with Crippen LogP contribution in [0.3, 0.4) is 0 Å². The van der Waals surface area contributed by atoms with E-state index in [-0.39, 0.29) is 28.5 Å². The minimum Gasteiger partial charge on any atom is -0.531 e. The third kappa shape index (κ3) is 2.50. The lowest BCUT2D eigenvalue weighted by Crippen LogP contribution is -2.36. The van der Waals surface area contributed by atoms with E-state index in [0.29, 0.717) is 5.46 Å². The molecule has 0 fully saturated rings. The summed E-state index contributed by atoms with van der Waals surface area (Å²) < 4.78 is 5.36. The van der Waals surface area contributed by atoms with Crippen molar-refractivity contribution in [2.24, 2.45) is 0 Å². The highest BCUT2D eigenvalue weighted by Crippen LogP contribution is 2.37. The molecule has 0 saturated carbocycles. The zero-order chi connectivity index (χ0) is 14.0. The number of hydrogen-bond donors (Lipinski definition) is 5. The van der Waals surface area contributed by atoms with Crippen LogP contribution >= 0.6 is 0 Å². The molecule has 2 aromatic carbocycles. The summed E-state index contributed by atoms with van der Waals surface area (Å²) in [5.74, 6) is 0.195. The number of nitrogens with two attached hydrogens (primary N) is 4. The van der Waals surface area contributed by atoms with E-state index in [1.54, 1.807) is 24.3 Å². The maximum atomic E-state index is 9.96. The highest BCUT2D eigenvalue weighted by atomic mass is 16.5. The average molecular weight is 258 g/mol. The highest BCUT2D eigenvalue weighted by Gasteiger charge is 2.21. The highest BCUT2D eigenvalue weighted by molar-refractivity contribution is 6.60. The zero-order valence-corrected chi connectivity index (χ0v) is 10.2. The zero-order valence-electron chi connectivity index (χ0n) is 10.2. The molecule has 0 heterocycles. The van der Waals surface area contributed by atoms with Gasteiger partial charge < -0.3 is 32.6 Å². The van der Waals surface area contributed by atoms with E-state index < -0.39 is 7.12 Å². The number of nitrogen functional groups attached to an aromatic ring is 4. The first kappa shape index (κ1) is 12.9. The monoisotopic (exact) mass is 258 g/mol. The van der Waals surface area contributed by atoms with Crippen LogP contribution in [0.1, 0.15) is 0 Å². The Morgan fingerprint density at radius 2 is 1.53 bits per heavy atom. The van der Waals surface area contributed by atoms with Crippen LogP contribution in [0.5, 0.6) is 5.75 Å². The summed E-state index contributed by atoms with van der Waals surface area (Å²) in [5.41, 5.74) is 24.2. The Morgan fingerprint density at radius 1 is 0.895 bits per heavy atom. The predicted molar refractivity (Wildman–Crippen MR) is 78.8 cm³/mol. The van der Waals surface area contributed by atoms with Crippen molar-refractivity contribution in [3.05, 3.63) is 36.4 Å². The van der Waals surface area contributed by atoms with E-state index in [1.807, 2.05) is 6.07 Å². The van der Waals surface area contributed by atoms with Gasteiger partial charge in [0.25, 0.3) is 0 Å². The number of benzene rings is 2.